The third-order valence-electron chi connectivity index (χ3n) is 7.40. The molecule has 210 valence electrons. The number of rotatable bonds is 10. The Bertz CT molecular complexity index is 1690. The van der Waals surface area contributed by atoms with Gasteiger partial charge in [0, 0.05) is 36.7 Å². The summed E-state index contributed by atoms with van der Waals surface area (Å²) in [5, 5.41) is 13.6. The predicted octanol–water partition coefficient (Wildman–Crippen LogP) is 4.82. The van der Waals surface area contributed by atoms with Crippen LogP contribution in [0.2, 0.25) is 0 Å². The molecule has 1 aliphatic heterocycles. The Labute approximate surface area is 236 Å². The average molecular weight is 555 g/mol. The van der Waals surface area contributed by atoms with Crippen LogP contribution in [-0.4, -0.2) is 43.3 Å². The fourth-order valence-electron chi connectivity index (χ4n) is 5.32. The highest BCUT2D eigenvalue weighted by molar-refractivity contribution is 5.83. The summed E-state index contributed by atoms with van der Waals surface area (Å²) in [5.74, 6) is 1.72. The van der Waals surface area contributed by atoms with Crippen molar-refractivity contribution >= 4 is 10.9 Å². The number of nitrogens with one attached hydrogen (secondary N) is 1. The number of hydrogen-bond donors (Lipinski definition) is 1. The molecule has 3 heterocycles. The number of hydrogen-bond acceptors (Lipinski definition) is 7. The van der Waals surface area contributed by atoms with Crippen LogP contribution in [0.5, 0.6) is 11.5 Å². The zero-order chi connectivity index (χ0) is 28.2. The Balaban J connectivity index is 1.33. The second-order valence-electron chi connectivity index (χ2n) is 10.2. The Kier molecular flexibility index (Phi) is 7.73. The summed E-state index contributed by atoms with van der Waals surface area (Å²) in [6.45, 7) is 4.47. The molecule has 0 amide bonds. The molecule has 9 nitrogen and oxygen atoms in total. The van der Waals surface area contributed by atoms with E-state index in [1.807, 2.05) is 35.0 Å². The van der Waals surface area contributed by atoms with Gasteiger partial charge < -0.3 is 14.5 Å². The summed E-state index contributed by atoms with van der Waals surface area (Å²) in [7, 11) is 0. The number of benzene rings is 3. The van der Waals surface area contributed by atoms with Gasteiger partial charge in [0.2, 0.25) is 0 Å². The summed E-state index contributed by atoms with van der Waals surface area (Å²) in [5.41, 5.74) is 3.22. The van der Waals surface area contributed by atoms with E-state index < -0.39 is 0 Å². The highest BCUT2D eigenvalue weighted by Crippen LogP contribution is 2.34. The molecule has 10 heteroatoms. The molecule has 1 atom stereocenters. The smallest absolute Gasteiger partial charge is 0.252 e. The lowest BCUT2D eigenvalue weighted by Gasteiger charge is -2.30. The molecule has 6 rings (SSSR count). The van der Waals surface area contributed by atoms with E-state index in [1.165, 1.54) is 17.7 Å². The van der Waals surface area contributed by atoms with E-state index in [0.717, 1.165) is 23.2 Å². The van der Waals surface area contributed by atoms with Crippen molar-refractivity contribution in [2.75, 3.05) is 13.2 Å². The average Bonchev–Trinajstić information content (AvgIpc) is 3.45. The fourth-order valence-corrected chi connectivity index (χ4v) is 5.32. The van der Waals surface area contributed by atoms with Crippen LogP contribution in [0.25, 0.3) is 10.9 Å². The van der Waals surface area contributed by atoms with E-state index in [0.29, 0.717) is 61.8 Å². The number of tetrazole rings is 1. The summed E-state index contributed by atoms with van der Waals surface area (Å²) in [6.07, 6.45) is 1.49. The molecule has 3 aromatic carbocycles. The molecule has 0 saturated heterocycles. The number of ether oxygens (including phenoxy) is 2. The van der Waals surface area contributed by atoms with Crippen LogP contribution >= 0.6 is 0 Å². The third kappa shape index (κ3) is 5.97. The maximum Gasteiger partial charge on any atom is 0.252 e. The molecule has 0 unspecified atom stereocenters. The molecule has 0 radical (unpaired) electrons. The van der Waals surface area contributed by atoms with Gasteiger partial charge in [-0.3, -0.25) is 9.69 Å². The van der Waals surface area contributed by atoms with Gasteiger partial charge in [-0.2, -0.15) is 0 Å². The summed E-state index contributed by atoms with van der Waals surface area (Å²) in [6, 6.07) is 22.0. The number of H-pyrrole nitrogens is 1. The van der Waals surface area contributed by atoms with E-state index in [2.05, 4.69) is 44.5 Å². The Morgan fingerprint density at radius 2 is 1.73 bits per heavy atom. The molecule has 1 aliphatic rings. The lowest BCUT2D eigenvalue weighted by atomic mass is 10.1. The van der Waals surface area contributed by atoms with Crippen molar-refractivity contribution in [3.05, 3.63) is 111 Å². The molecular weight excluding hydrogens is 523 g/mol. The summed E-state index contributed by atoms with van der Waals surface area (Å²) in [4.78, 5) is 18.5. The van der Waals surface area contributed by atoms with Crippen molar-refractivity contribution in [3.63, 3.8) is 0 Å². The van der Waals surface area contributed by atoms with Gasteiger partial charge in [0.1, 0.15) is 19.0 Å². The number of aryl methyl sites for hydroxylation is 2. The first-order valence-electron chi connectivity index (χ1n) is 13.8. The SMILES string of the molecule is CC[C@@H](c1nnnn1CCc1ccccc1)N(Cc1ccc(F)cc1)Cc1cc2cc3c(cc2[nH]c1=O)OCCO3. The summed E-state index contributed by atoms with van der Waals surface area (Å²) < 4.78 is 27.0. The van der Waals surface area contributed by atoms with Crippen LogP contribution in [-0.2, 0) is 26.1 Å². The second-order valence-corrected chi connectivity index (χ2v) is 10.2. The zero-order valence-electron chi connectivity index (χ0n) is 22.8. The van der Waals surface area contributed by atoms with E-state index in [-0.39, 0.29) is 17.4 Å². The van der Waals surface area contributed by atoms with Gasteiger partial charge in [0.15, 0.2) is 17.3 Å². The second kappa shape index (κ2) is 11.9. The molecule has 0 bridgehead atoms. The molecule has 0 fully saturated rings. The van der Waals surface area contributed by atoms with Crippen LogP contribution in [0.4, 0.5) is 4.39 Å². The highest BCUT2D eigenvalue weighted by atomic mass is 19.1. The van der Waals surface area contributed by atoms with Gasteiger partial charge in [0.05, 0.1) is 11.6 Å². The monoisotopic (exact) mass is 554 g/mol. The van der Waals surface area contributed by atoms with Gasteiger partial charge in [-0.25, -0.2) is 9.07 Å². The third-order valence-corrected chi connectivity index (χ3v) is 7.40. The van der Waals surface area contributed by atoms with Crippen LogP contribution in [0.3, 0.4) is 0 Å². The van der Waals surface area contributed by atoms with Gasteiger partial charge in [-0.15, -0.1) is 5.10 Å². The highest BCUT2D eigenvalue weighted by Gasteiger charge is 2.26. The largest absolute Gasteiger partial charge is 0.486 e. The van der Waals surface area contributed by atoms with Crippen LogP contribution in [0, 0.1) is 5.82 Å². The Hall–Kier alpha value is -4.57. The minimum absolute atomic E-state index is 0.184. The predicted molar refractivity (Wildman–Crippen MR) is 152 cm³/mol. The van der Waals surface area contributed by atoms with Gasteiger partial charge in [-0.05, 0) is 58.7 Å². The van der Waals surface area contributed by atoms with Crippen molar-refractivity contribution < 1.29 is 13.9 Å². The van der Waals surface area contributed by atoms with Gasteiger partial charge in [0.25, 0.3) is 5.56 Å². The summed E-state index contributed by atoms with van der Waals surface area (Å²) >= 11 is 0. The van der Waals surface area contributed by atoms with Crippen molar-refractivity contribution in [3.8, 4) is 11.5 Å². The molecule has 0 aliphatic carbocycles. The van der Waals surface area contributed by atoms with Crippen LogP contribution in [0.1, 0.15) is 41.9 Å². The minimum Gasteiger partial charge on any atom is -0.486 e. The maximum absolute atomic E-state index is 13.7. The quantitative estimate of drug-likeness (QED) is 0.264. The lowest BCUT2D eigenvalue weighted by molar-refractivity contribution is 0.160. The topological polar surface area (TPSA) is 98.2 Å². The minimum atomic E-state index is -0.294. The lowest BCUT2D eigenvalue weighted by Crippen LogP contribution is -2.32. The van der Waals surface area contributed by atoms with E-state index in [9.17, 15) is 9.18 Å². The van der Waals surface area contributed by atoms with Crippen molar-refractivity contribution in [2.24, 2.45) is 0 Å². The Morgan fingerprint density at radius 1 is 0.976 bits per heavy atom. The molecule has 0 spiro atoms. The van der Waals surface area contributed by atoms with Crippen molar-refractivity contribution in [1.82, 2.24) is 30.1 Å². The zero-order valence-corrected chi connectivity index (χ0v) is 22.8. The normalized spacial score (nSPS) is 13.5. The Morgan fingerprint density at radius 3 is 2.49 bits per heavy atom. The van der Waals surface area contributed by atoms with Crippen LogP contribution < -0.4 is 15.0 Å². The number of aromatic nitrogens is 5. The first-order valence-corrected chi connectivity index (χ1v) is 13.8. The number of pyridine rings is 1. The number of nitrogens with zero attached hydrogens (tertiary/aromatic N) is 5. The molecule has 41 heavy (non-hydrogen) atoms. The molecular formula is C31H31FN6O3. The molecule has 0 saturated carbocycles. The molecule has 2 aromatic heterocycles. The molecule has 1 N–H and O–H groups in total. The van der Waals surface area contributed by atoms with E-state index in [1.54, 1.807) is 18.2 Å². The standard InChI is InChI=1S/C31H31FN6O3/c1-2-27(30-34-35-36-38(30)13-12-21-6-4-3-5-7-21)37(19-22-8-10-25(32)11-9-22)20-24-16-23-17-28-29(41-15-14-40-28)18-26(23)33-31(24)39/h3-11,16-18,27H,2,12-15,19-20H2,1H3,(H,33,39)/t27-/m0/s1. The maximum atomic E-state index is 13.7. The fraction of sp³-hybridized carbons (Fsp3) is 0.290. The van der Waals surface area contributed by atoms with Gasteiger partial charge >= 0.3 is 0 Å². The number of aromatic amines is 1. The van der Waals surface area contributed by atoms with Gasteiger partial charge in [-0.1, -0.05) is 49.4 Å². The first kappa shape index (κ1) is 26.6. The molecule has 5 aromatic rings. The van der Waals surface area contributed by atoms with Crippen LogP contribution in [0.15, 0.2) is 77.6 Å². The van der Waals surface area contributed by atoms with E-state index >= 15 is 0 Å². The van der Waals surface area contributed by atoms with Crippen molar-refractivity contribution in [1.29, 1.82) is 0 Å². The first-order chi connectivity index (χ1) is 20.1. The van der Waals surface area contributed by atoms with E-state index in [4.69, 9.17) is 9.47 Å². The van der Waals surface area contributed by atoms with Crippen molar-refractivity contribution in [2.45, 2.75) is 45.4 Å². The number of fused-ring (bicyclic) bond motifs is 2. The number of halogens is 1.